The van der Waals surface area contributed by atoms with Crippen molar-refractivity contribution in [2.45, 2.75) is 25.7 Å². The lowest BCUT2D eigenvalue weighted by Gasteiger charge is -2.31. The number of likely N-dealkylation sites (tertiary alicyclic amines) is 1. The first-order valence-corrected chi connectivity index (χ1v) is 9.29. The average molecular weight is 364 g/mol. The highest BCUT2D eigenvalue weighted by molar-refractivity contribution is 5.76. The summed E-state index contributed by atoms with van der Waals surface area (Å²) in [7, 11) is 3.71. The molecule has 1 aromatic carbocycles. The van der Waals surface area contributed by atoms with E-state index in [0.717, 1.165) is 54.1 Å². The fraction of sp³-hybridized carbons (Fsp3) is 0.381. The van der Waals surface area contributed by atoms with Crippen LogP contribution in [0, 0.1) is 0 Å². The van der Waals surface area contributed by atoms with Crippen molar-refractivity contribution in [3.63, 3.8) is 0 Å². The molecular formula is C21H24N4O2. The van der Waals surface area contributed by atoms with E-state index in [-0.39, 0.29) is 5.91 Å². The molecule has 0 radical (unpaired) electrons. The van der Waals surface area contributed by atoms with E-state index < -0.39 is 0 Å². The summed E-state index contributed by atoms with van der Waals surface area (Å²) < 4.78 is 7.37. The van der Waals surface area contributed by atoms with E-state index in [1.54, 1.807) is 14.0 Å². The molecule has 140 valence electrons. The van der Waals surface area contributed by atoms with Crippen molar-refractivity contribution in [2.24, 2.45) is 7.05 Å². The van der Waals surface area contributed by atoms with Crippen LogP contribution in [0.2, 0.25) is 0 Å². The van der Waals surface area contributed by atoms with Crippen LogP contribution < -0.4 is 4.74 Å². The van der Waals surface area contributed by atoms with E-state index in [1.165, 1.54) is 5.69 Å². The second-order valence-electron chi connectivity index (χ2n) is 7.10. The minimum Gasteiger partial charge on any atom is -0.497 e. The second kappa shape index (κ2) is 7.02. The highest BCUT2D eigenvalue weighted by atomic mass is 16.5. The lowest BCUT2D eigenvalue weighted by Crippen LogP contribution is -2.36. The standard InChI is InChI=1S/C21H24N4O2/c1-14(26)25-10-8-16(9-11-25)20-12-18-21(24(20)2)22-13-19(23-18)15-4-6-17(27-3)7-5-15/h4-7,12-13,16H,8-11H2,1-3H3. The van der Waals surface area contributed by atoms with Crippen LogP contribution in [-0.4, -0.2) is 45.5 Å². The van der Waals surface area contributed by atoms with Gasteiger partial charge in [-0.25, -0.2) is 9.97 Å². The van der Waals surface area contributed by atoms with Crippen LogP contribution in [0.25, 0.3) is 22.4 Å². The Morgan fingerprint density at radius 3 is 2.52 bits per heavy atom. The van der Waals surface area contributed by atoms with Crippen LogP contribution in [0.15, 0.2) is 36.5 Å². The van der Waals surface area contributed by atoms with E-state index >= 15 is 0 Å². The third-order valence-corrected chi connectivity index (χ3v) is 5.51. The smallest absolute Gasteiger partial charge is 0.219 e. The van der Waals surface area contributed by atoms with Crippen molar-refractivity contribution in [1.29, 1.82) is 0 Å². The van der Waals surface area contributed by atoms with Gasteiger partial charge in [-0.1, -0.05) is 0 Å². The van der Waals surface area contributed by atoms with Crippen molar-refractivity contribution in [3.8, 4) is 17.0 Å². The summed E-state index contributed by atoms with van der Waals surface area (Å²) in [4.78, 5) is 23.0. The van der Waals surface area contributed by atoms with Gasteiger partial charge in [0.1, 0.15) is 11.3 Å². The molecule has 1 amide bonds. The summed E-state index contributed by atoms with van der Waals surface area (Å²) in [5.74, 6) is 1.43. The SMILES string of the molecule is COc1ccc(-c2cnc3c(cc(C4CCN(C(C)=O)CC4)n3C)n2)cc1. The van der Waals surface area contributed by atoms with Gasteiger partial charge in [-0.2, -0.15) is 0 Å². The predicted molar refractivity (Wildman–Crippen MR) is 105 cm³/mol. The number of rotatable bonds is 3. The van der Waals surface area contributed by atoms with Crippen molar-refractivity contribution in [2.75, 3.05) is 20.2 Å². The van der Waals surface area contributed by atoms with Gasteiger partial charge in [0.05, 0.1) is 19.0 Å². The number of carbonyl (C=O) groups excluding carboxylic acids is 1. The Hall–Kier alpha value is -2.89. The molecule has 6 nitrogen and oxygen atoms in total. The molecule has 0 bridgehead atoms. The van der Waals surface area contributed by atoms with E-state index in [2.05, 4.69) is 22.7 Å². The molecule has 2 aromatic heterocycles. The topological polar surface area (TPSA) is 60.2 Å². The maximum absolute atomic E-state index is 11.6. The number of amides is 1. The van der Waals surface area contributed by atoms with E-state index in [0.29, 0.717) is 5.92 Å². The zero-order valence-electron chi connectivity index (χ0n) is 16.0. The Morgan fingerprint density at radius 1 is 1.19 bits per heavy atom. The zero-order chi connectivity index (χ0) is 19.0. The molecule has 6 heteroatoms. The minimum absolute atomic E-state index is 0.165. The Labute approximate surface area is 158 Å². The normalized spacial score (nSPS) is 15.3. The van der Waals surface area contributed by atoms with Gasteiger partial charge >= 0.3 is 0 Å². The number of hydrogen-bond donors (Lipinski definition) is 0. The molecule has 0 spiro atoms. The fourth-order valence-corrected chi connectivity index (χ4v) is 3.89. The Kier molecular flexibility index (Phi) is 4.56. The van der Waals surface area contributed by atoms with Gasteiger partial charge in [0.15, 0.2) is 5.65 Å². The number of carbonyl (C=O) groups is 1. The number of aryl methyl sites for hydroxylation is 1. The van der Waals surface area contributed by atoms with Gasteiger partial charge in [0, 0.05) is 44.2 Å². The van der Waals surface area contributed by atoms with Crippen LogP contribution in [0.4, 0.5) is 0 Å². The van der Waals surface area contributed by atoms with E-state index in [1.807, 2.05) is 35.4 Å². The van der Waals surface area contributed by atoms with Gasteiger partial charge < -0.3 is 14.2 Å². The third-order valence-electron chi connectivity index (χ3n) is 5.51. The lowest BCUT2D eigenvalue weighted by atomic mass is 9.93. The van der Waals surface area contributed by atoms with Crippen LogP contribution in [0.1, 0.15) is 31.4 Å². The Balaban J connectivity index is 1.62. The monoisotopic (exact) mass is 364 g/mol. The number of fused-ring (bicyclic) bond motifs is 1. The quantitative estimate of drug-likeness (QED) is 0.715. The van der Waals surface area contributed by atoms with Crippen molar-refractivity contribution >= 4 is 17.1 Å². The van der Waals surface area contributed by atoms with Crippen LogP contribution in [-0.2, 0) is 11.8 Å². The second-order valence-corrected chi connectivity index (χ2v) is 7.10. The number of hydrogen-bond acceptors (Lipinski definition) is 4. The molecule has 0 atom stereocenters. The highest BCUT2D eigenvalue weighted by Gasteiger charge is 2.25. The summed E-state index contributed by atoms with van der Waals surface area (Å²) in [6.07, 6.45) is 3.79. The van der Waals surface area contributed by atoms with Crippen molar-refractivity contribution < 1.29 is 9.53 Å². The average Bonchev–Trinajstić information content (AvgIpc) is 3.04. The summed E-state index contributed by atoms with van der Waals surface area (Å²) in [6, 6.07) is 10.0. The van der Waals surface area contributed by atoms with Gasteiger partial charge in [-0.05, 0) is 43.2 Å². The molecule has 1 saturated heterocycles. The Bertz CT molecular complexity index is 970. The summed E-state index contributed by atoms with van der Waals surface area (Å²) in [6.45, 7) is 3.28. The number of benzene rings is 1. The first-order valence-electron chi connectivity index (χ1n) is 9.29. The van der Waals surface area contributed by atoms with Gasteiger partial charge in [0.25, 0.3) is 0 Å². The maximum Gasteiger partial charge on any atom is 0.219 e. The number of ether oxygens (including phenoxy) is 1. The third kappa shape index (κ3) is 3.27. The molecule has 1 fully saturated rings. The van der Waals surface area contributed by atoms with Crippen molar-refractivity contribution in [1.82, 2.24) is 19.4 Å². The summed E-state index contributed by atoms with van der Waals surface area (Å²) in [5.41, 5.74) is 4.94. The molecule has 0 N–H and O–H groups in total. The van der Waals surface area contributed by atoms with Crippen LogP contribution >= 0.6 is 0 Å². The summed E-state index contributed by atoms with van der Waals surface area (Å²) >= 11 is 0. The van der Waals surface area contributed by atoms with Crippen molar-refractivity contribution in [3.05, 3.63) is 42.2 Å². The van der Waals surface area contributed by atoms with Gasteiger partial charge in [-0.3, -0.25) is 4.79 Å². The molecule has 0 saturated carbocycles. The first-order chi connectivity index (χ1) is 13.1. The van der Waals surface area contributed by atoms with E-state index in [9.17, 15) is 4.79 Å². The largest absolute Gasteiger partial charge is 0.497 e. The molecule has 1 aliphatic heterocycles. The highest BCUT2D eigenvalue weighted by Crippen LogP contribution is 2.31. The number of methoxy groups -OCH3 is 1. The molecule has 4 rings (SSSR count). The molecule has 3 heterocycles. The molecule has 27 heavy (non-hydrogen) atoms. The number of aromatic nitrogens is 3. The zero-order valence-corrected chi connectivity index (χ0v) is 16.0. The fourth-order valence-electron chi connectivity index (χ4n) is 3.89. The van der Waals surface area contributed by atoms with Gasteiger partial charge in [-0.15, -0.1) is 0 Å². The molecule has 3 aromatic rings. The molecule has 1 aliphatic rings. The van der Waals surface area contributed by atoms with Crippen LogP contribution in [0.3, 0.4) is 0 Å². The number of piperidine rings is 1. The molecule has 0 unspecified atom stereocenters. The number of nitrogens with zero attached hydrogens (tertiary/aromatic N) is 4. The maximum atomic E-state index is 11.6. The van der Waals surface area contributed by atoms with E-state index in [4.69, 9.17) is 9.72 Å². The Morgan fingerprint density at radius 2 is 1.89 bits per heavy atom. The predicted octanol–water partition coefficient (Wildman–Crippen LogP) is 3.37. The lowest BCUT2D eigenvalue weighted by molar-refractivity contribution is -0.129. The van der Waals surface area contributed by atoms with Gasteiger partial charge in [0.2, 0.25) is 5.91 Å². The van der Waals surface area contributed by atoms with Crippen LogP contribution in [0.5, 0.6) is 5.75 Å². The minimum atomic E-state index is 0.165. The first kappa shape index (κ1) is 17.5. The molecular weight excluding hydrogens is 340 g/mol. The summed E-state index contributed by atoms with van der Waals surface area (Å²) in [5, 5.41) is 0. The molecule has 0 aliphatic carbocycles.